The average Bonchev–Trinajstić information content (AvgIpc) is 3.35. The lowest BCUT2D eigenvalue weighted by molar-refractivity contribution is -0.124. The van der Waals surface area contributed by atoms with Crippen molar-refractivity contribution in [1.29, 1.82) is 0 Å². The summed E-state index contributed by atoms with van der Waals surface area (Å²) in [4.78, 5) is 28.7. The molecule has 1 amide bonds. The second kappa shape index (κ2) is 8.69. The molecule has 1 fully saturated rings. The number of benzene rings is 1. The van der Waals surface area contributed by atoms with Gasteiger partial charge in [0.15, 0.2) is 5.96 Å². The maximum atomic E-state index is 13.4. The number of hydrogen-bond acceptors (Lipinski definition) is 6. The van der Waals surface area contributed by atoms with Gasteiger partial charge in [-0.2, -0.15) is 4.99 Å². The first-order valence-electron chi connectivity index (χ1n) is 10.4. The zero-order valence-corrected chi connectivity index (χ0v) is 19.0. The fourth-order valence-electron chi connectivity index (χ4n) is 3.93. The Hall–Kier alpha value is -3.08. The van der Waals surface area contributed by atoms with Gasteiger partial charge in [-0.25, -0.2) is 9.37 Å². The van der Waals surface area contributed by atoms with E-state index in [9.17, 15) is 14.3 Å². The van der Waals surface area contributed by atoms with Crippen LogP contribution in [0.2, 0.25) is 5.02 Å². The summed E-state index contributed by atoms with van der Waals surface area (Å²) in [6.07, 6.45) is 3.70. The first kappa shape index (κ1) is 21.7. The molecule has 0 saturated carbocycles. The SMILES string of the molecule is N/C(=N\c1nc2ccc(F)cc2s1)N1CC=C(c2ncc(N3CCC(O)C3=O)cc2Cl)CC1. The molecule has 0 aliphatic carbocycles. The van der Waals surface area contributed by atoms with Crippen LogP contribution in [0.3, 0.4) is 0 Å². The van der Waals surface area contributed by atoms with E-state index in [0.717, 1.165) is 10.3 Å². The minimum Gasteiger partial charge on any atom is -0.383 e. The van der Waals surface area contributed by atoms with Gasteiger partial charge in [-0.3, -0.25) is 9.78 Å². The number of aliphatic hydroxyl groups is 1. The summed E-state index contributed by atoms with van der Waals surface area (Å²) in [5, 5.41) is 10.6. The maximum Gasteiger partial charge on any atom is 0.255 e. The minimum atomic E-state index is -0.966. The van der Waals surface area contributed by atoms with Gasteiger partial charge < -0.3 is 20.6 Å². The van der Waals surface area contributed by atoms with Gasteiger partial charge >= 0.3 is 0 Å². The number of anilines is 1. The van der Waals surface area contributed by atoms with Crippen LogP contribution >= 0.6 is 22.9 Å². The highest BCUT2D eigenvalue weighted by Gasteiger charge is 2.31. The number of halogens is 2. The van der Waals surface area contributed by atoms with E-state index >= 15 is 0 Å². The number of guanidine groups is 1. The first-order chi connectivity index (χ1) is 15.9. The predicted molar refractivity (Wildman–Crippen MR) is 127 cm³/mol. The van der Waals surface area contributed by atoms with E-state index in [1.165, 1.54) is 28.4 Å². The number of aliphatic imine (C=N–C) groups is 1. The Labute approximate surface area is 197 Å². The highest BCUT2D eigenvalue weighted by molar-refractivity contribution is 7.22. The van der Waals surface area contributed by atoms with Gasteiger partial charge in [-0.1, -0.05) is 29.0 Å². The summed E-state index contributed by atoms with van der Waals surface area (Å²) >= 11 is 7.77. The number of nitrogens with two attached hydrogens (primary N) is 1. The van der Waals surface area contributed by atoms with Gasteiger partial charge in [0.05, 0.1) is 32.8 Å². The van der Waals surface area contributed by atoms with E-state index in [2.05, 4.69) is 15.0 Å². The topological polar surface area (TPSA) is 108 Å². The van der Waals surface area contributed by atoms with Crippen molar-refractivity contribution < 1.29 is 14.3 Å². The number of nitrogens with zero attached hydrogens (tertiary/aromatic N) is 5. The summed E-state index contributed by atoms with van der Waals surface area (Å²) in [6.45, 7) is 1.59. The number of aromatic nitrogens is 2. The number of carbonyl (C=O) groups excluding carboxylic acids is 1. The molecule has 5 rings (SSSR count). The second-order valence-electron chi connectivity index (χ2n) is 7.82. The van der Waals surface area contributed by atoms with Crippen LogP contribution in [0.4, 0.5) is 15.2 Å². The van der Waals surface area contributed by atoms with Crippen molar-refractivity contribution in [3.8, 4) is 0 Å². The highest BCUT2D eigenvalue weighted by atomic mass is 35.5. The number of carbonyl (C=O) groups is 1. The Morgan fingerprint density at radius 2 is 2.18 bits per heavy atom. The molecule has 1 unspecified atom stereocenters. The van der Waals surface area contributed by atoms with Crippen molar-refractivity contribution in [1.82, 2.24) is 14.9 Å². The van der Waals surface area contributed by atoms with Crippen molar-refractivity contribution >= 4 is 61.4 Å². The van der Waals surface area contributed by atoms with Crippen molar-refractivity contribution in [3.63, 3.8) is 0 Å². The molecule has 3 N–H and O–H groups in total. The van der Waals surface area contributed by atoms with Crippen LogP contribution in [0.25, 0.3) is 15.8 Å². The van der Waals surface area contributed by atoms with Crippen LogP contribution in [-0.4, -0.2) is 57.6 Å². The van der Waals surface area contributed by atoms with E-state index in [-0.39, 0.29) is 11.7 Å². The zero-order chi connectivity index (χ0) is 23.1. The normalized spacial score (nSPS) is 19.5. The second-order valence-corrected chi connectivity index (χ2v) is 9.24. The van der Waals surface area contributed by atoms with Gasteiger partial charge in [0, 0.05) is 26.1 Å². The van der Waals surface area contributed by atoms with Gasteiger partial charge in [-0.05, 0) is 36.3 Å². The summed E-state index contributed by atoms with van der Waals surface area (Å²) in [5.74, 6) is -0.306. The molecule has 170 valence electrons. The fraction of sp³-hybridized carbons (Fsp3) is 0.273. The number of rotatable bonds is 3. The maximum absolute atomic E-state index is 13.4. The Bertz CT molecular complexity index is 1310. The molecule has 1 saturated heterocycles. The minimum absolute atomic E-state index is 0.312. The summed E-state index contributed by atoms with van der Waals surface area (Å²) in [6, 6.07) is 6.13. The summed E-state index contributed by atoms with van der Waals surface area (Å²) < 4.78 is 14.1. The van der Waals surface area contributed by atoms with E-state index < -0.39 is 6.10 Å². The molecule has 11 heteroatoms. The van der Waals surface area contributed by atoms with Gasteiger partial charge in [0.25, 0.3) is 5.91 Å². The van der Waals surface area contributed by atoms with Gasteiger partial charge in [0.2, 0.25) is 5.13 Å². The van der Waals surface area contributed by atoms with Crippen LogP contribution in [0.15, 0.2) is 41.5 Å². The third-order valence-corrected chi connectivity index (χ3v) is 6.90. The zero-order valence-electron chi connectivity index (χ0n) is 17.4. The molecule has 8 nitrogen and oxygen atoms in total. The lowest BCUT2D eigenvalue weighted by atomic mass is 10.0. The van der Waals surface area contributed by atoms with E-state index in [0.29, 0.717) is 65.5 Å². The van der Waals surface area contributed by atoms with E-state index in [1.54, 1.807) is 18.3 Å². The number of amides is 1. The van der Waals surface area contributed by atoms with Gasteiger partial charge in [-0.15, -0.1) is 0 Å². The Balaban J connectivity index is 1.30. The smallest absolute Gasteiger partial charge is 0.255 e. The average molecular weight is 487 g/mol. The molecule has 1 aromatic carbocycles. The summed E-state index contributed by atoms with van der Waals surface area (Å²) in [5.41, 5.74) is 9.11. The van der Waals surface area contributed by atoms with Crippen molar-refractivity contribution in [2.75, 3.05) is 24.5 Å². The van der Waals surface area contributed by atoms with Crippen LogP contribution in [0, 0.1) is 5.82 Å². The standard InChI is InChI=1S/C22H20ClFN6O2S/c23-15-10-14(30-8-5-17(31)20(30)32)11-26-19(15)12-3-6-29(7-4-12)21(25)28-22-27-16-2-1-13(24)9-18(16)33-22/h1-3,9-11,17,31H,4-8H2,(H2,25,27,28). The fourth-order valence-corrected chi connectivity index (χ4v) is 5.08. The summed E-state index contributed by atoms with van der Waals surface area (Å²) in [7, 11) is 0. The third-order valence-electron chi connectivity index (χ3n) is 5.70. The van der Waals surface area contributed by atoms with Crippen LogP contribution in [-0.2, 0) is 4.79 Å². The van der Waals surface area contributed by atoms with Crippen molar-refractivity contribution in [2.24, 2.45) is 10.7 Å². The van der Waals surface area contributed by atoms with Crippen molar-refractivity contribution in [2.45, 2.75) is 18.9 Å². The number of thiazole rings is 1. The molecule has 4 heterocycles. The molecule has 2 aliphatic rings. The van der Waals surface area contributed by atoms with Crippen molar-refractivity contribution in [3.05, 3.63) is 53.1 Å². The molecular formula is C22H20ClFN6O2S. The Kier molecular flexibility index (Phi) is 5.73. The molecule has 33 heavy (non-hydrogen) atoms. The number of fused-ring (bicyclic) bond motifs is 1. The predicted octanol–water partition coefficient (Wildman–Crippen LogP) is 3.32. The molecule has 2 aromatic heterocycles. The third kappa shape index (κ3) is 4.29. The molecule has 1 atom stereocenters. The number of hydrogen-bond donors (Lipinski definition) is 2. The molecule has 0 spiro atoms. The highest BCUT2D eigenvalue weighted by Crippen LogP contribution is 2.32. The lowest BCUT2D eigenvalue weighted by Gasteiger charge is -2.27. The monoisotopic (exact) mass is 486 g/mol. The largest absolute Gasteiger partial charge is 0.383 e. The number of aliphatic hydroxyl groups excluding tert-OH is 1. The number of pyridine rings is 1. The van der Waals surface area contributed by atoms with Crippen LogP contribution in [0.5, 0.6) is 0 Å². The Morgan fingerprint density at radius 3 is 2.88 bits per heavy atom. The van der Waals surface area contributed by atoms with Crippen LogP contribution < -0.4 is 10.6 Å². The molecule has 0 bridgehead atoms. The Morgan fingerprint density at radius 1 is 1.33 bits per heavy atom. The molecule has 3 aromatic rings. The van der Waals surface area contributed by atoms with Gasteiger partial charge in [0.1, 0.15) is 11.9 Å². The van der Waals surface area contributed by atoms with Crippen LogP contribution in [0.1, 0.15) is 18.5 Å². The van der Waals surface area contributed by atoms with E-state index in [1.807, 2.05) is 11.0 Å². The first-order valence-corrected chi connectivity index (χ1v) is 11.6. The quantitative estimate of drug-likeness (QED) is 0.434. The van der Waals surface area contributed by atoms with E-state index in [4.69, 9.17) is 17.3 Å². The molecule has 0 radical (unpaired) electrons. The molecule has 2 aliphatic heterocycles. The molecular weight excluding hydrogens is 467 g/mol. The lowest BCUT2D eigenvalue weighted by Crippen LogP contribution is -2.39.